The molecule has 1 saturated carbocycles. The van der Waals surface area contributed by atoms with Crippen LogP contribution in [0.3, 0.4) is 0 Å². The van der Waals surface area contributed by atoms with Crippen LogP contribution in [0.25, 0.3) is 10.1 Å². The van der Waals surface area contributed by atoms with Crippen molar-refractivity contribution in [2.45, 2.75) is 19.3 Å². The molecule has 1 aromatic carbocycles. The minimum atomic E-state index is -0.911. The monoisotopic (exact) mass is 303 g/mol. The number of thiophene rings is 1. The van der Waals surface area contributed by atoms with E-state index in [1.54, 1.807) is 11.3 Å². The molecule has 1 N–H and O–H groups in total. The zero-order valence-electron chi connectivity index (χ0n) is 11.8. The van der Waals surface area contributed by atoms with Gasteiger partial charge in [0.2, 0.25) is 5.91 Å². The molecule has 21 heavy (non-hydrogen) atoms. The van der Waals surface area contributed by atoms with Gasteiger partial charge >= 0.3 is 5.97 Å². The van der Waals surface area contributed by atoms with Gasteiger partial charge in [-0.2, -0.15) is 0 Å². The molecular weight excluding hydrogens is 286 g/mol. The Kier molecular flexibility index (Phi) is 3.68. The first-order valence-corrected chi connectivity index (χ1v) is 7.87. The molecule has 0 unspecified atom stereocenters. The number of carbonyl (C=O) groups excluding carboxylic acids is 2. The fraction of sp³-hybridized carbons (Fsp3) is 0.375. The van der Waals surface area contributed by atoms with Gasteiger partial charge < -0.3 is 10.1 Å². The third kappa shape index (κ3) is 2.53. The number of esters is 1. The van der Waals surface area contributed by atoms with Crippen LogP contribution < -0.4 is 5.32 Å². The minimum Gasteiger partial charge on any atom is -0.468 e. The molecule has 1 aliphatic carbocycles. The topological polar surface area (TPSA) is 55.4 Å². The lowest BCUT2D eigenvalue weighted by Gasteiger charge is -2.12. The fourth-order valence-corrected chi connectivity index (χ4v) is 3.55. The number of hydrogen-bond donors (Lipinski definition) is 1. The molecule has 1 aromatic heterocycles. The van der Waals surface area contributed by atoms with Crippen molar-refractivity contribution in [2.24, 2.45) is 5.41 Å². The van der Waals surface area contributed by atoms with Crippen LogP contribution in [-0.4, -0.2) is 25.5 Å². The first-order chi connectivity index (χ1) is 10.2. The van der Waals surface area contributed by atoms with Gasteiger partial charge in [-0.05, 0) is 41.7 Å². The molecule has 1 aliphatic rings. The average Bonchev–Trinajstić information content (AvgIpc) is 3.23. The summed E-state index contributed by atoms with van der Waals surface area (Å²) < 4.78 is 5.97. The lowest BCUT2D eigenvalue weighted by molar-refractivity contribution is -0.152. The molecule has 3 rings (SSSR count). The normalized spacial score (nSPS) is 15.7. The second kappa shape index (κ2) is 5.48. The number of benzene rings is 1. The van der Waals surface area contributed by atoms with Crippen molar-refractivity contribution in [3.8, 4) is 0 Å². The summed E-state index contributed by atoms with van der Waals surface area (Å²) in [4.78, 5) is 23.7. The maximum Gasteiger partial charge on any atom is 0.321 e. The standard InChI is InChI=1S/C16H17NO3S/c1-20-15(19)16(7-8-16)14(18)17-9-6-11-10-21-13-5-3-2-4-12(11)13/h2-5,10H,6-9H2,1H3,(H,17,18). The van der Waals surface area contributed by atoms with Crippen LogP contribution in [0.1, 0.15) is 18.4 Å². The number of carbonyl (C=O) groups is 2. The Labute approximate surface area is 127 Å². The number of hydrogen-bond acceptors (Lipinski definition) is 4. The highest BCUT2D eigenvalue weighted by Gasteiger charge is 2.57. The van der Waals surface area contributed by atoms with Gasteiger partial charge in [0.15, 0.2) is 0 Å². The molecule has 1 amide bonds. The van der Waals surface area contributed by atoms with Crippen molar-refractivity contribution in [1.82, 2.24) is 5.32 Å². The Morgan fingerprint density at radius 3 is 2.81 bits per heavy atom. The number of nitrogens with one attached hydrogen (secondary N) is 1. The summed E-state index contributed by atoms with van der Waals surface area (Å²) in [6, 6.07) is 8.24. The quantitative estimate of drug-likeness (QED) is 0.682. The molecule has 0 saturated heterocycles. The number of fused-ring (bicyclic) bond motifs is 1. The Morgan fingerprint density at radius 1 is 1.33 bits per heavy atom. The molecule has 4 nitrogen and oxygen atoms in total. The van der Waals surface area contributed by atoms with E-state index >= 15 is 0 Å². The molecule has 0 radical (unpaired) electrons. The highest BCUT2D eigenvalue weighted by atomic mass is 32.1. The van der Waals surface area contributed by atoms with Crippen LogP contribution >= 0.6 is 11.3 Å². The largest absolute Gasteiger partial charge is 0.468 e. The third-order valence-corrected chi connectivity index (χ3v) is 5.01. The predicted molar refractivity (Wildman–Crippen MR) is 82.2 cm³/mol. The number of rotatable bonds is 5. The minimum absolute atomic E-state index is 0.200. The number of ether oxygens (including phenoxy) is 1. The van der Waals surface area contributed by atoms with Crippen LogP contribution in [0.15, 0.2) is 29.6 Å². The maximum atomic E-state index is 12.1. The second-order valence-corrected chi connectivity index (χ2v) is 6.25. The van der Waals surface area contributed by atoms with E-state index in [0.717, 1.165) is 6.42 Å². The van der Waals surface area contributed by atoms with E-state index in [0.29, 0.717) is 19.4 Å². The number of amides is 1. The first kappa shape index (κ1) is 14.1. The molecular formula is C16H17NO3S. The Bertz CT molecular complexity index is 688. The Morgan fingerprint density at radius 2 is 2.10 bits per heavy atom. The molecule has 0 spiro atoms. The van der Waals surface area contributed by atoms with Gasteiger partial charge in [0.25, 0.3) is 0 Å². The van der Waals surface area contributed by atoms with Crippen molar-refractivity contribution < 1.29 is 14.3 Å². The summed E-state index contributed by atoms with van der Waals surface area (Å²) in [6.07, 6.45) is 1.95. The summed E-state index contributed by atoms with van der Waals surface area (Å²) in [5.74, 6) is -0.616. The summed E-state index contributed by atoms with van der Waals surface area (Å²) in [5, 5.41) is 6.24. The molecule has 110 valence electrons. The molecule has 0 atom stereocenters. The zero-order chi connectivity index (χ0) is 14.9. The second-order valence-electron chi connectivity index (χ2n) is 5.34. The maximum absolute atomic E-state index is 12.1. The summed E-state index contributed by atoms with van der Waals surface area (Å²) in [7, 11) is 1.33. The van der Waals surface area contributed by atoms with Gasteiger partial charge in [-0.1, -0.05) is 18.2 Å². The van der Waals surface area contributed by atoms with E-state index in [2.05, 4.69) is 22.8 Å². The van der Waals surface area contributed by atoms with Gasteiger partial charge in [-0.3, -0.25) is 9.59 Å². The SMILES string of the molecule is COC(=O)C1(C(=O)NCCc2csc3ccccc23)CC1. The summed E-state index contributed by atoms with van der Waals surface area (Å²) in [6.45, 7) is 0.540. The van der Waals surface area contributed by atoms with Crippen LogP contribution in [0.2, 0.25) is 0 Å². The van der Waals surface area contributed by atoms with Crippen LogP contribution in [0, 0.1) is 5.41 Å². The van der Waals surface area contributed by atoms with Crippen LogP contribution in [-0.2, 0) is 20.7 Å². The van der Waals surface area contributed by atoms with Gasteiger partial charge in [-0.25, -0.2) is 0 Å². The predicted octanol–water partition coefficient (Wildman–Crippen LogP) is 2.51. The first-order valence-electron chi connectivity index (χ1n) is 6.99. The Balaban J connectivity index is 1.59. The van der Waals surface area contributed by atoms with E-state index < -0.39 is 11.4 Å². The van der Waals surface area contributed by atoms with Crippen LogP contribution in [0.5, 0.6) is 0 Å². The van der Waals surface area contributed by atoms with Crippen molar-refractivity contribution >= 4 is 33.3 Å². The van der Waals surface area contributed by atoms with Gasteiger partial charge in [0.05, 0.1) is 7.11 Å². The fourth-order valence-electron chi connectivity index (χ4n) is 2.55. The zero-order valence-corrected chi connectivity index (χ0v) is 12.7. The van der Waals surface area contributed by atoms with E-state index in [-0.39, 0.29) is 5.91 Å². The molecule has 0 bridgehead atoms. The average molecular weight is 303 g/mol. The third-order valence-electron chi connectivity index (χ3n) is 4.00. The Hall–Kier alpha value is -1.88. The molecule has 1 heterocycles. The van der Waals surface area contributed by atoms with Crippen molar-refractivity contribution in [1.29, 1.82) is 0 Å². The lowest BCUT2D eigenvalue weighted by atomic mass is 10.1. The summed E-state index contributed by atoms with van der Waals surface area (Å²) in [5.41, 5.74) is 0.324. The highest BCUT2D eigenvalue weighted by molar-refractivity contribution is 7.17. The molecule has 2 aromatic rings. The van der Waals surface area contributed by atoms with Gasteiger partial charge in [0.1, 0.15) is 5.41 Å². The molecule has 5 heteroatoms. The lowest BCUT2D eigenvalue weighted by Crippen LogP contribution is -2.38. The molecule has 0 aliphatic heterocycles. The van der Waals surface area contributed by atoms with E-state index in [4.69, 9.17) is 4.74 Å². The summed E-state index contributed by atoms with van der Waals surface area (Å²) >= 11 is 1.71. The number of methoxy groups -OCH3 is 1. The van der Waals surface area contributed by atoms with E-state index in [9.17, 15) is 9.59 Å². The molecule has 1 fully saturated rings. The van der Waals surface area contributed by atoms with E-state index in [1.807, 2.05) is 12.1 Å². The van der Waals surface area contributed by atoms with Crippen LogP contribution in [0.4, 0.5) is 0 Å². The smallest absolute Gasteiger partial charge is 0.321 e. The van der Waals surface area contributed by atoms with Crippen molar-refractivity contribution in [3.05, 3.63) is 35.2 Å². The van der Waals surface area contributed by atoms with Crippen molar-refractivity contribution in [3.63, 3.8) is 0 Å². The van der Waals surface area contributed by atoms with E-state index in [1.165, 1.54) is 22.8 Å². The van der Waals surface area contributed by atoms with Crippen molar-refractivity contribution in [2.75, 3.05) is 13.7 Å². The van der Waals surface area contributed by atoms with Gasteiger partial charge in [-0.15, -0.1) is 11.3 Å². The highest BCUT2D eigenvalue weighted by Crippen LogP contribution is 2.46. The van der Waals surface area contributed by atoms with Gasteiger partial charge in [0, 0.05) is 11.2 Å².